The van der Waals surface area contributed by atoms with Gasteiger partial charge in [-0.25, -0.2) is 4.98 Å². The average molecular weight is 448 g/mol. The van der Waals surface area contributed by atoms with Crippen molar-refractivity contribution in [2.75, 3.05) is 11.9 Å². The second kappa shape index (κ2) is 9.07. The number of carbonyl (C=O) groups is 1. The molecule has 1 amide bonds. The number of hydrogen-bond acceptors (Lipinski definition) is 6. The summed E-state index contributed by atoms with van der Waals surface area (Å²) in [5, 5.41) is 16.0. The van der Waals surface area contributed by atoms with Crippen molar-refractivity contribution in [3.05, 3.63) is 71.8 Å². The lowest BCUT2D eigenvalue weighted by molar-refractivity contribution is -0.121. The number of aromatic nitrogens is 1. The Morgan fingerprint density at radius 3 is 2.56 bits per heavy atom. The van der Waals surface area contributed by atoms with Crippen LogP contribution in [0.3, 0.4) is 0 Å². The first-order valence-corrected chi connectivity index (χ1v) is 10.3. The second-order valence-corrected chi connectivity index (χ2v) is 7.73. The van der Waals surface area contributed by atoms with Crippen LogP contribution in [-0.4, -0.2) is 27.7 Å². The largest absolute Gasteiger partial charge is 0.507 e. The summed E-state index contributed by atoms with van der Waals surface area (Å²) in [6.07, 6.45) is 0. The zero-order chi connectivity index (χ0) is 22.7. The third-order valence-electron chi connectivity index (χ3n) is 4.67. The highest BCUT2D eigenvalue weighted by Gasteiger charge is 2.14. The van der Waals surface area contributed by atoms with Crippen molar-refractivity contribution in [3.63, 3.8) is 0 Å². The third kappa shape index (κ3) is 5.04. The van der Waals surface area contributed by atoms with Gasteiger partial charge in [0.15, 0.2) is 17.3 Å². The summed E-state index contributed by atoms with van der Waals surface area (Å²) in [6.45, 7) is 3.77. The molecule has 3 N–H and O–H groups in total. The quantitative estimate of drug-likeness (QED) is 0.381. The maximum atomic E-state index is 12.1. The van der Waals surface area contributed by atoms with E-state index in [2.05, 4.69) is 15.6 Å². The molecule has 8 heteroatoms. The zero-order valence-corrected chi connectivity index (χ0v) is 18.3. The number of amides is 1. The number of aryl methyl sites for hydroxylation is 2. The number of thiocarbonyl (C=S) groups is 1. The fourth-order valence-electron chi connectivity index (χ4n) is 3.05. The highest BCUT2D eigenvalue weighted by atomic mass is 32.1. The fraction of sp³-hybridized carbons (Fsp3) is 0.125. The molecule has 0 radical (unpaired) electrons. The van der Waals surface area contributed by atoms with E-state index in [4.69, 9.17) is 21.4 Å². The zero-order valence-electron chi connectivity index (χ0n) is 17.5. The lowest BCUT2D eigenvalue weighted by Crippen LogP contribution is -2.37. The summed E-state index contributed by atoms with van der Waals surface area (Å²) < 4.78 is 11.2. The Hall–Kier alpha value is -3.91. The van der Waals surface area contributed by atoms with E-state index in [9.17, 15) is 9.90 Å². The Morgan fingerprint density at radius 1 is 1.06 bits per heavy atom. The van der Waals surface area contributed by atoms with E-state index >= 15 is 0 Å². The van der Waals surface area contributed by atoms with Crippen LogP contribution in [0.15, 0.2) is 65.1 Å². The molecule has 7 nitrogen and oxygen atoms in total. The van der Waals surface area contributed by atoms with Gasteiger partial charge in [0.1, 0.15) is 17.0 Å². The number of phenols is 1. The van der Waals surface area contributed by atoms with Gasteiger partial charge in [0, 0.05) is 11.8 Å². The van der Waals surface area contributed by atoms with Gasteiger partial charge in [-0.3, -0.25) is 10.1 Å². The van der Waals surface area contributed by atoms with Gasteiger partial charge in [0.05, 0.1) is 5.56 Å². The maximum Gasteiger partial charge on any atom is 0.264 e. The van der Waals surface area contributed by atoms with E-state index in [1.165, 1.54) is 6.07 Å². The number of benzene rings is 3. The first kappa shape index (κ1) is 21.3. The molecule has 1 aromatic heterocycles. The van der Waals surface area contributed by atoms with Crippen molar-refractivity contribution in [2.24, 2.45) is 0 Å². The Kier molecular flexibility index (Phi) is 6.04. The number of rotatable bonds is 5. The number of oxazole rings is 1. The topological polar surface area (TPSA) is 96.6 Å². The normalized spacial score (nSPS) is 10.7. The Labute approximate surface area is 190 Å². The summed E-state index contributed by atoms with van der Waals surface area (Å²) in [6, 6.07) is 17.9. The molecule has 0 aliphatic heterocycles. The van der Waals surface area contributed by atoms with Crippen molar-refractivity contribution in [3.8, 4) is 23.0 Å². The molecule has 0 fully saturated rings. The predicted molar refractivity (Wildman–Crippen MR) is 127 cm³/mol. The third-order valence-corrected chi connectivity index (χ3v) is 4.88. The van der Waals surface area contributed by atoms with Crippen molar-refractivity contribution in [2.45, 2.75) is 13.8 Å². The van der Waals surface area contributed by atoms with Crippen LogP contribution >= 0.6 is 12.2 Å². The molecule has 0 aliphatic rings. The van der Waals surface area contributed by atoms with Gasteiger partial charge >= 0.3 is 0 Å². The predicted octanol–water partition coefficient (Wildman–Crippen LogP) is 4.71. The minimum absolute atomic E-state index is 0.0323. The Bertz CT molecular complexity index is 1300. The molecule has 0 bridgehead atoms. The van der Waals surface area contributed by atoms with Gasteiger partial charge in [-0.2, -0.15) is 0 Å². The number of fused-ring (bicyclic) bond motifs is 1. The maximum absolute atomic E-state index is 12.1. The molecule has 0 spiro atoms. The summed E-state index contributed by atoms with van der Waals surface area (Å²) in [7, 11) is 0. The van der Waals surface area contributed by atoms with E-state index < -0.39 is 5.91 Å². The average Bonchev–Trinajstić information content (AvgIpc) is 3.16. The standard InChI is InChI=1S/C24H21N3O4S/c1-14-3-7-17(8-4-14)30-13-22(29)27-24(32)25-16-6-9-18(20(28)12-16)23-26-19-11-15(2)5-10-21(19)31-23/h3-12,28H,13H2,1-2H3,(H2,25,27,29,32). The highest BCUT2D eigenvalue weighted by molar-refractivity contribution is 7.80. The first-order chi connectivity index (χ1) is 15.4. The summed E-state index contributed by atoms with van der Waals surface area (Å²) in [5.41, 5.74) is 4.49. The molecule has 0 unspecified atom stereocenters. The van der Waals surface area contributed by atoms with Crippen LogP contribution in [0, 0.1) is 13.8 Å². The molecule has 0 aliphatic carbocycles. The van der Waals surface area contributed by atoms with E-state index in [0.29, 0.717) is 28.5 Å². The van der Waals surface area contributed by atoms with Crippen molar-refractivity contribution < 1.29 is 19.1 Å². The number of carbonyl (C=O) groups excluding carboxylic acids is 1. The monoisotopic (exact) mass is 447 g/mol. The number of nitrogens with zero attached hydrogens (tertiary/aromatic N) is 1. The molecule has 0 saturated carbocycles. The van der Waals surface area contributed by atoms with Crippen molar-refractivity contribution in [1.82, 2.24) is 10.3 Å². The van der Waals surface area contributed by atoms with Crippen LogP contribution in [0.5, 0.6) is 11.5 Å². The van der Waals surface area contributed by atoms with Crippen molar-refractivity contribution in [1.29, 1.82) is 0 Å². The number of hydrogen-bond donors (Lipinski definition) is 3. The number of anilines is 1. The molecule has 1 heterocycles. The van der Waals surface area contributed by atoms with E-state index in [1.807, 2.05) is 44.2 Å². The molecule has 3 aromatic carbocycles. The van der Waals surface area contributed by atoms with E-state index in [0.717, 1.165) is 16.6 Å². The number of nitrogens with one attached hydrogen (secondary N) is 2. The number of phenolic OH excluding ortho intramolecular Hbond substituents is 1. The van der Waals surface area contributed by atoms with Gasteiger partial charge in [-0.1, -0.05) is 23.8 Å². The van der Waals surface area contributed by atoms with Crippen LogP contribution in [0.1, 0.15) is 11.1 Å². The summed E-state index contributed by atoms with van der Waals surface area (Å²) >= 11 is 5.17. The Balaban J connectivity index is 1.36. The molecular formula is C24H21N3O4S. The molecule has 32 heavy (non-hydrogen) atoms. The van der Waals surface area contributed by atoms with Gasteiger partial charge in [-0.15, -0.1) is 0 Å². The summed E-state index contributed by atoms with van der Waals surface area (Å²) in [4.78, 5) is 16.5. The van der Waals surface area contributed by atoms with Gasteiger partial charge in [-0.05, 0) is 68.0 Å². The van der Waals surface area contributed by atoms with Gasteiger partial charge in [0.2, 0.25) is 5.89 Å². The SMILES string of the molecule is Cc1ccc(OCC(=O)NC(=S)Nc2ccc(-c3nc4cc(C)ccc4o3)c(O)c2)cc1. The number of aromatic hydroxyl groups is 1. The second-order valence-electron chi connectivity index (χ2n) is 7.33. The molecular weight excluding hydrogens is 426 g/mol. The fourth-order valence-corrected chi connectivity index (χ4v) is 3.28. The highest BCUT2D eigenvalue weighted by Crippen LogP contribution is 2.33. The molecule has 0 saturated heterocycles. The lowest BCUT2D eigenvalue weighted by Gasteiger charge is -2.11. The summed E-state index contributed by atoms with van der Waals surface area (Å²) in [5.74, 6) is 0.485. The van der Waals surface area contributed by atoms with Crippen LogP contribution in [0.2, 0.25) is 0 Å². The lowest BCUT2D eigenvalue weighted by atomic mass is 10.2. The van der Waals surface area contributed by atoms with Crippen LogP contribution in [0.4, 0.5) is 5.69 Å². The van der Waals surface area contributed by atoms with Crippen LogP contribution in [-0.2, 0) is 4.79 Å². The van der Waals surface area contributed by atoms with Crippen molar-refractivity contribution >= 4 is 40.0 Å². The van der Waals surface area contributed by atoms with E-state index in [-0.39, 0.29) is 17.5 Å². The molecule has 162 valence electrons. The minimum Gasteiger partial charge on any atom is -0.507 e. The van der Waals surface area contributed by atoms with E-state index in [1.54, 1.807) is 24.3 Å². The molecule has 4 rings (SSSR count). The molecule has 4 aromatic rings. The smallest absolute Gasteiger partial charge is 0.264 e. The van der Waals surface area contributed by atoms with Gasteiger partial charge < -0.3 is 19.6 Å². The van der Waals surface area contributed by atoms with Crippen LogP contribution in [0.25, 0.3) is 22.6 Å². The number of ether oxygens (including phenoxy) is 1. The van der Waals surface area contributed by atoms with Crippen LogP contribution < -0.4 is 15.4 Å². The Morgan fingerprint density at radius 2 is 1.81 bits per heavy atom. The minimum atomic E-state index is -0.398. The first-order valence-electron chi connectivity index (χ1n) is 9.88. The van der Waals surface area contributed by atoms with Gasteiger partial charge in [0.25, 0.3) is 5.91 Å². The molecule has 0 atom stereocenters.